The molecule has 0 saturated carbocycles. The van der Waals surface area contributed by atoms with Crippen LogP contribution in [0.1, 0.15) is 13.3 Å². The summed E-state index contributed by atoms with van der Waals surface area (Å²) in [5.41, 5.74) is 0. The standard InChI is InChI=1S/C5H11O2P/c1-2-7-5(6)3-4-8/h2-4,8H2,1H3. The first-order valence-corrected chi connectivity index (χ1v) is 3.48. The van der Waals surface area contributed by atoms with Gasteiger partial charge in [-0.3, -0.25) is 4.79 Å². The minimum absolute atomic E-state index is 0.109. The van der Waals surface area contributed by atoms with Gasteiger partial charge in [0.05, 0.1) is 6.61 Å². The van der Waals surface area contributed by atoms with Gasteiger partial charge in [-0.25, -0.2) is 0 Å². The lowest BCUT2D eigenvalue weighted by molar-refractivity contribution is -0.142. The second-order valence-corrected chi connectivity index (χ2v) is 1.92. The summed E-state index contributed by atoms with van der Waals surface area (Å²) in [6, 6.07) is 0. The molecule has 0 heterocycles. The molecule has 0 amide bonds. The number of carbonyl (C=O) groups excluding carboxylic acids is 1. The highest BCUT2D eigenvalue weighted by molar-refractivity contribution is 7.16. The topological polar surface area (TPSA) is 26.3 Å². The summed E-state index contributed by atoms with van der Waals surface area (Å²) in [4.78, 5) is 10.4. The monoisotopic (exact) mass is 134 g/mol. The SMILES string of the molecule is CCOC(=O)CCP. The minimum Gasteiger partial charge on any atom is -0.466 e. The van der Waals surface area contributed by atoms with Gasteiger partial charge in [0, 0.05) is 6.42 Å². The fourth-order valence-corrected chi connectivity index (χ4v) is 0.587. The summed E-state index contributed by atoms with van der Waals surface area (Å²) >= 11 is 0. The molecule has 0 aromatic rings. The first-order valence-electron chi connectivity index (χ1n) is 2.67. The van der Waals surface area contributed by atoms with Crippen molar-refractivity contribution in [3.8, 4) is 0 Å². The molecule has 0 saturated heterocycles. The van der Waals surface area contributed by atoms with Gasteiger partial charge in [-0.2, -0.15) is 0 Å². The molecule has 0 rings (SSSR count). The molecule has 0 radical (unpaired) electrons. The van der Waals surface area contributed by atoms with Crippen LogP contribution in [0.3, 0.4) is 0 Å². The van der Waals surface area contributed by atoms with Crippen molar-refractivity contribution in [2.24, 2.45) is 0 Å². The van der Waals surface area contributed by atoms with E-state index in [2.05, 4.69) is 14.0 Å². The van der Waals surface area contributed by atoms with Gasteiger partial charge in [-0.1, -0.05) is 0 Å². The summed E-state index contributed by atoms with van der Waals surface area (Å²) in [6.07, 6.45) is 1.30. The van der Waals surface area contributed by atoms with Crippen LogP contribution < -0.4 is 0 Å². The van der Waals surface area contributed by atoms with Crippen molar-refractivity contribution in [1.29, 1.82) is 0 Å². The number of hydrogen-bond donors (Lipinski definition) is 0. The van der Waals surface area contributed by atoms with E-state index in [9.17, 15) is 4.79 Å². The summed E-state index contributed by atoms with van der Waals surface area (Å²) in [6.45, 7) is 2.30. The maximum Gasteiger partial charge on any atom is 0.306 e. The van der Waals surface area contributed by atoms with E-state index in [1.807, 2.05) is 0 Å². The summed E-state index contributed by atoms with van der Waals surface area (Å²) in [7, 11) is 2.47. The molecule has 1 atom stereocenters. The van der Waals surface area contributed by atoms with Gasteiger partial charge in [-0.15, -0.1) is 9.24 Å². The van der Waals surface area contributed by atoms with Crippen molar-refractivity contribution in [1.82, 2.24) is 0 Å². The molecule has 8 heavy (non-hydrogen) atoms. The zero-order chi connectivity index (χ0) is 6.41. The minimum atomic E-state index is -0.109. The summed E-state index contributed by atoms with van der Waals surface area (Å²) in [5.74, 6) is -0.109. The molecule has 1 unspecified atom stereocenters. The number of rotatable bonds is 3. The molecule has 48 valence electrons. The highest BCUT2D eigenvalue weighted by Crippen LogP contribution is 1.90. The van der Waals surface area contributed by atoms with E-state index in [1.54, 1.807) is 6.92 Å². The van der Waals surface area contributed by atoms with Crippen molar-refractivity contribution >= 4 is 15.2 Å². The Bertz CT molecular complexity index is 64.8. The normalized spacial score (nSPS) is 8.75. The largest absolute Gasteiger partial charge is 0.466 e. The first-order chi connectivity index (χ1) is 3.81. The van der Waals surface area contributed by atoms with Gasteiger partial charge in [0.15, 0.2) is 0 Å². The van der Waals surface area contributed by atoms with Crippen LogP contribution in [0, 0.1) is 0 Å². The van der Waals surface area contributed by atoms with Gasteiger partial charge in [0.2, 0.25) is 0 Å². The Morgan fingerprint density at radius 2 is 2.38 bits per heavy atom. The number of esters is 1. The van der Waals surface area contributed by atoms with E-state index in [0.717, 1.165) is 6.16 Å². The zero-order valence-corrected chi connectivity index (χ0v) is 6.17. The molecule has 0 aliphatic rings. The summed E-state index contributed by atoms with van der Waals surface area (Å²) in [5, 5.41) is 0. The average Bonchev–Trinajstić information content (AvgIpc) is 1.68. The Hall–Kier alpha value is -0.100. The number of hydrogen-bond acceptors (Lipinski definition) is 2. The smallest absolute Gasteiger partial charge is 0.306 e. The molecule has 0 aromatic heterocycles. The Morgan fingerprint density at radius 3 is 2.75 bits per heavy atom. The molecule has 3 heteroatoms. The molecular weight excluding hydrogens is 123 g/mol. The van der Waals surface area contributed by atoms with Crippen molar-refractivity contribution in [2.75, 3.05) is 12.8 Å². The van der Waals surface area contributed by atoms with E-state index in [0.29, 0.717) is 13.0 Å². The Balaban J connectivity index is 3.06. The average molecular weight is 134 g/mol. The van der Waals surface area contributed by atoms with E-state index < -0.39 is 0 Å². The predicted octanol–water partition coefficient (Wildman–Crippen LogP) is 0.815. The molecule has 0 aromatic carbocycles. The van der Waals surface area contributed by atoms with Crippen LogP contribution in [0.25, 0.3) is 0 Å². The van der Waals surface area contributed by atoms with E-state index in [1.165, 1.54) is 0 Å². The Morgan fingerprint density at radius 1 is 1.75 bits per heavy atom. The van der Waals surface area contributed by atoms with E-state index >= 15 is 0 Å². The maximum atomic E-state index is 10.4. The van der Waals surface area contributed by atoms with Gasteiger partial charge in [0.1, 0.15) is 0 Å². The number of carbonyl (C=O) groups is 1. The molecular formula is C5H11O2P. The fraction of sp³-hybridized carbons (Fsp3) is 0.800. The van der Waals surface area contributed by atoms with Crippen LogP contribution in [-0.4, -0.2) is 18.7 Å². The predicted molar refractivity (Wildman–Crippen MR) is 35.8 cm³/mol. The zero-order valence-electron chi connectivity index (χ0n) is 5.02. The van der Waals surface area contributed by atoms with Crippen molar-refractivity contribution < 1.29 is 9.53 Å². The van der Waals surface area contributed by atoms with Gasteiger partial charge < -0.3 is 4.74 Å². The van der Waals surface area contributed by atoms with Crippen molar-refractivity contribution in [3.63, 3.8) is 0 Å². The Kier molecular flexibility index (Phi) is 4.98. The van der Waals surface area contributed by atoms with Gasteiger partial charge in [-0.05, 0) is 13.1 Å². The molecule has 2 nitrogen and oxygen atoms in total. The molecule has 0 aliphatic carbocycles. The van der Waals surface area contributed by atoms with E-state index in [4.69, 9.17) is 0 Å². The molecule has 0 N–H and O–H groups in total. The van der Waals surface area contributed by atoms with Gasteiger partial charge in [0.25, 0.3) is 0 Å². The van der Waals surface area contributed by atoms with Crippen molar-refractivity contribution in [3.05, 3.63) is 0 Å². The highest BCUT2D eigenvalue weighted by atomic mass is 31.0. The van der Waals surface area contributed by atoms with Gasteiger partial charge >= 0.3 is 5.97 Å². The van der Waals surface area contributed by atoms with Crippen LogP contribution in [0.4, 0.5) is 0 Å². The third kappa shape index (κ3) is 4.07. The fourth-order valence-electron chi connectivity index (χ4n) is 0.351. The lowest BCUT2D eigenvalue weighted by Crippen LogP contribution is -2.03. The third-order valence-electron chi connectivity index (χ3n) is 0.654. The first kappa shape index (κ1) is 7.90. The number of ether oxygens (including phenoxy) is 1. The Labute approximate surface area is 51.8 Å². The lowest BCUT2D eigenvalue weighted by atomic mass is 10.5. The van der Waals surface area contributed by atoms with Crippen LogP contribution in [-0.2, 0) is 9.53 Å². The summed E-state index contributed by atoms with van der Waals surface area (Å²) < 4.78 is 4.63. The van der Waals surface area contributed by atoms with Crippen LogP contribution >= 0.6 is 9.24 Å². The van der Waals surface area contributed by atoms with Crippen LogP contribution in [0.2, 0.25) is 0 Å². The second-order valence-electron chi connectivity index (χ2n) is 1.34. The van der Waals surface area contributed by atoms with Crippen molar-refractivity contribution in [2.45, 2.75) is 13.3 Å². The highest BCUT2D eigenvalue weighted by Gasteiger charge is 1.95. The second kappa shape index (κ2) is 5.04. The third-order valence-corrected chi connectivity index (χ3v) is 0.942. The van der Waals surface area contributed by atoms with Crippen LogP contribution in [0.15, 0.2) is 0 Å². The van der Waals surface area contributed by atoms with E-state index in [-0.39, 0.29) is 5.97 Å². The maximum absolute atomic E-state index is 10.4. The molecule has 0 bridgehead atoms. The lowest BCUT2D eigenvalue weighted by Gasteiger charge is -1.96. The molecule has 0 fully saturated rings. The molecule has 0 aliphatic heterocycles. The quantitative estimate of drug-likeness (QED) is 0.422. The van der Waals surface area contributed by atoms with Crippen LogP contribution in [0.5, 0.6) is 0 Å². The molecule has 0 spiro atoms.